The van der Waals surface area contributed by atoms with E-state index in [1.165, 1.54) is 0 Å². The predicted octanol–water partition coefficient (Wildman–Crippen LogP) is 2.25. The van der Waals surface area contributed by atoms with E-state index in [4.69, 9.17) is 5.73 Å². The van der Waals surface area contributed by atoms with Crippen molar-refractivity contribution in [2.24, 2.45) is 11.1 Å². The maximum atomic E-state index is 13.2. The van der Waals surface area contributed by atoms with Gasteiger partial charge < -0.3 is 5.73 Å². The fraction of sp³-hybridized carbons (Fsp3) is 0.538. The first-order valence-corrected chi connectivity index (χ1v) is 7.65. The normalized spacial score (nSPS) is 26.6. The summed E-state index contributed by atoms with van der Waals surface area (Å²) in [5.41, 5.74) is 5.73. The molecule has 0 heterocycles. The molecule has 0 spiro atoms. The van der Waals surface area contributed by atoms with Crippen LogP contribution in [0.1, 0.15) is 26.7 Å². The van der Waals surface area contributed by atoms with E-state index in [9.17, 15) is 17.2 Å². The minimum atomic E-state index is -3.73. The van der Waals surface area contributed by atoms with Crippen LogP contribution in [0.25, 0.3) is 0 Å². The Bertz CT molecular complexity index is 599. The molecule has 0 aromatic heterocycles. The molecule has 1 aromatic rings. The van der Waals surface area contributed by atoms with Gasteiger partial charge in [0.2, 0.25) is 0 Å². The summed E-state index contributed by atoms with van der Waals surface area (Å²) in [5, 5.41) is -0.743. The molecule has 1 aliphatic carbocycles. The van der Waals surface area contributed by atoms with E-state index in [1.807, 2.05) is 13.8 Å². The maximum Gasteiger partial charge on any atom is 0.182 e. The van der Waals surface area contributed by atoms with E-state index >= 15 is 0 Å². The average Bonchev–Trinajstić information content (AvgIpc) is 2.58. The van der Waals surface area contributed by atoms with Crippen molar-refractivity contribution in [1.29, 1.82) is 0 Å². The van der Waals surface area contributed by atoms with Gasteiger partial charge in [0, 0.05) is 6.04 Å². The summed E-state index contributed by atoms with van der Waals surface area (Å²) < 4.78 is 50.9. The van der Waals surface area contributed by atoms with Crippen LogP contribution in [0.5, 0.6) is 0 Å². The predicted molar refractivity (Wildman–Crippen MR) is 68.3 cm³/mol. The second-order valence-corrected chi connectivity index (χ2v) is 7.88. The molecule has 0 saturated heterocycles. The quantitative estimate of drug-likeness (QED) is 0.850. The highest BCUT2D eigenvalue weighted by atomic mass is 32.2. The van der Waals surface area contributed by atoms with Crippen molar-refractivity contribution in [2.45, 2.75) is 42.9 Å². The molecule has 0 bridgehead atoms. The van der Waals surface area contributed by atoms with Crippen molar-refractivity contribution in [2.75, 3.05) is 0 Å². The van der Waals surface area contributed by atoms with Crippen LogP contribution in [0, 0.1) is 17.0 Å². The standard InChI is InChI=1S/C13H17F2NO2S/c1-13(2)6-5-11(12(13)16)19(17,18)8-3-4-9(14)10(15)7-8/h3-4,7,11-12H,5-6,16H2,1-2H3. The Morgan fingerprint density at radius 2 is 1.89 bits per heavy atom. The van der Waals surface area contributed by atoms with Crippen LogP contribution in [0.2, 0.25) is 0 Å². The van der Waals surface area contributed by atoms with Crippen LogP contribution >= 0.6 is 0 Å². The number of nitrogens with two attached hydrogens (primary N) is 1. The summed E-state index contributed by atoms with van der Waals surface area (Å²) in [6.07, 6.45) is 1.14. The van der Waals surface area contributed by atoms with Crippen molar-refractivity contribution in [1.82, 2.24) is 0 Å². The molecule has 19 heavy (non-hydrogen) atoms. The third-order valence-electron chi connectivity index (χ3n) is 3.99. The molecule has 0 amide bonds. The van der Waals surface area contributed by atoms with Gasteiger partial charge in [0.25, 0.3) is 0 Å². The van der Waals surface area contributed by atoms with Gasteiger partial charge in [0.1, 0.15) is 0 Å². The molecule has 2 N–H and O–H groups in total. The van der Waals surface area contributed by atoms with Crippen LogP contribution in [0.3, 0.4) is 0 Å². The molecule has 2 rings (SSSR count). The number of hydrogen-bond donors (Lipinski definition) is 1. The third kappa shape index (κ3) is 2.39. The van der Waals surface area contributed by atoms with Crippen molar-refractivity contribution in [3.05, 3.63) is 29.8 Å². The van der Waals surface area contributed by atoms with Crippen LogP contribution in [0.4, 0.5) is 8.78 Å². The second kappa shape index (κ2) is 4.52. The molecule has 106 valence electrons. The summed E-state index contributed by atoms with van der Waals surface area (Å²) in [6, 6.07) is 2.13. The minimum Gasteiger partial charge on any atom is -0.326 e. The van der Waals surface area contributed by atoms with Crippen molar-refractivity contribution in [3.63, 3.8) is 0 Å². The zero-order chi connectivity index (χ0) is 14.4. The Morgan fingerprint density at radius 3 is 2.37 bits per heavy atom. The molecule has 0 radical (unpaired) electrons. The number of sulfone groups is 1. The molecular weight excluding hydrogens is 272 g/mol. The second-order valence-electron chi connectivity index (χ2n) is 5.71. The summed E-state index contributed by atoms with van der Waals surface area (Å²) in [5.74, 6) is -2.22. The highest BCUT2D eigenvalue weighted by Crippen LogP contribution is 2.41. The van der Waals surface area contributed by atoms with Gasteiger partial charge >= 0.3 is 0 Å². The molecule has 1 aromatic carbocycles. The van der Waals surface area contributed by atoms with Crippen molar-refractivity contribution < 1.29 is 17.2 Å². The van der Waals surface area contributed by atoms with Crippen LogP contribution in [-0.2, 0) is 9.84 Å². The molecule has 1 fully saturated rings. The van der Waals surface area contributed by atoms with E-state index in [0.29, 0.717) is 12.8 Å². The van der Waals surface area contributed by atoms with E-state index in [2.05, 4.69) is 0 Å². The minimum absolute atomic E-state index is 0.204. The average molecular weight is 289 g/mol. The molecule has 0 aliphatic heterocycles. The van der Waals surface area contributed by atoms with Crippen LogP contribution in [-0.4, -0.2) is 19.7 Å². The zero-order valence-corrected chi connectivity index (χ0v) is 11.7. The van der Waals surface area contributed by atoms with E-state index < -0.39 is 32.8 Å². The lowest BCUT2D eigenvalue weighted by Gasteiger charge is -2.26. The fourth-order valence-corrected chi connectivity index (χ4v) is 4.60. The Balaban J connectivity index is 2.41. The van der Waals surface area contributed by atoms with Crippen molar-refractivity contribution in [3.8, 4) is 0 Å². The third-order valence-corrected chi connectivity index (χ3v) is 6.23. The van der Waals surface area contributed by atoms with Crippen LogP contribution in [0.15, 0.2) is 23.1 Å². The molecule has 2 unspecified atom stereocenters. The highest BCUT2D eigenvalue weighted by Gasteiger charge is 2.46. The van der Waals surface area contributed by atoms with Gasteiger partial charge in [-0.25, -0.2) is 17.2 Å². The van der Waals surface area contributed by atoms with Gasteiger partial charge in [0.15, 0.2) is 21.5 Å². The first-order valence-electron chi connectivity index (χ1n) is 6.11. The number of rotatable bonds is 2. The summed E-state index contributed by atoms with van der Waals surface area (Å²) in [4.78, 5) is -0.204. The zero-order valence-electron chi connectivity index (χ0n) is 10.9. The summed E-state index contributed by atoms with van der Waals surface area (Å²) in [7, 11) is -3.73. The Kier molecular flexibility index (Phi) is 3.43. The summed E-state index contributed by atoms with van der Waals surface area (Å²) >= 11 is 0. The number of hydrogen-bond acceptors (Lipinski definition) is 3. The van der Waals surface area contributed by atoms with Gasteiger partial charge in [-0.2, -0.15) is 0 Å². The van der Waals surface area contributed by atoms with E-state index in [1.54, 1.807) is 0 Å². The topological polar surface area (TPSA) is 60.2 Å². The van der Waals surface area contributed by atoms with Gasteiger partial charge in [-0.3, -0.25) is 0 Å². The first-order chi connectivity index (χ1) is 8.66. The van der Waals surface area contributed by atoms with Crippen LogP contribution < -0.4 is 5.73 Å². The van der Waals surface area contributed by atoms with Gasteiger partial charge in [-0.1, -0.05) is 13.8 Å². The van der Waals surface area contributed by atoms with E-state index in [-0.39, 0.29) is 10.3 Å². The number of benzene rings is 1. The van der Waals surface area contributed by atoms with Crippen molar-refractivity contribution >= 4 is 9.84 Å². The molecule has 6 heteroatoms. The lowest BCUT2D eigenvalue weighted by molar-refractivity contribution is 0.332. The maximum absolute atomic E-state index is 13.2. The van der Waals surface area contributed by atoms with Gasteiger partial charge in [0.05, 0.1) is 10.1 Å². The first kappa shape index (κ1) is 14.4. The Morgan fingerprint density at radius 1 is 1.26 bits per heavy atom. The van der Waals surface area contributed by atoms with Gasteiger partial charge in [-0.05, 0) is 36.5 Å². The fourth-order valence-electron chi connectivity index (χ4n) is 2.54. The lowest BCUT2D eigenvalue weighted by Crippen LogP contribution is -2.43. The SMILES string of the molecule is CC1(C)CCC(S(=O)(=O)c2ccc(F)c(F)c2)C1N. The lowest BCUT2D eigenvalue weighted by atomic mass is 9.88. The Hall–Kier alpha value is -1.01. The molecular formula is C13H17F2NO2S. The van der Waals surface area contributed by atoms with E-state index in [0.717, 1.165) is 18.2 Å². The van der Waals surface area contributed by atoms with Gasteiger partial charge in [-0.15, -0.1) is 0 Å². The summed E-state index contributed by atoms with van der Waals surface area (Å²) in [6.45, 7) is 3.83. The molecule has 1 saturated carbocycles. The highest BCUT2D eigenvalue weighted by molar-refractivity contribution is 7.92. The Labute approximate surface area is 111 Å². The molecule has 2 atom stereocenters. The molecule has 1 aliphatic rings. The largest absolute Gasteiger partial charge is 0.326 e. The smallest absolute Gasteiger partial charge is 0.182 e. The molecule has 3 nitrogen and oxygen atoms in total. The monoisotopic (exact) mass is 289 g/mol. The number of halogens is 2.